The van der Waals surface area contributed by atoms with Crippen molar-refractivity contribution in [1.29, 1.82) is 0 Å². The number of hydrogen-bond donors (Lipinski definition) is 0. The van der Waals surface area contributed by atoms with Gasteiger partial charge in [0.2, 0.25) is 0 Å². The lowest BCUT2D eigenvalue weighted by Gasteiger charge is -2.08. The Morgan fingerprint density at radius 1 is 1.36 bits per heavy atom. The smallest absolute Gasteiger partial charge is 0.152 e. The second kappa shape index (κ2) is 4.12. The minimum Gasteiger partial charge on any atom is -0.295 e. The zero-order valence-corrected chi connectivity index (χ0v) is 7.77. The van der Waals surface area contributed by atoms with E-state index in [1.807, 2.05) is 6.92 Å². The van der Waals surface area contributed by atoms with E-state index >= 15 is 0 Å². The Morgan fingerprint density at radius 2 is 1.82 bits per heavy atom. The van der Waals surface area contributed by atoms with E-state index in [1.54, 1.807) is 13.0 Å². The highest BCUT2D eigenvalue weighted by Gasteiger charge is 2.02. The molecule has 0 bridgehead atoms. The van der Waals surface area contributed by atoms with Crippen molar-refractivity contribution in [3.8, 4) is 0 Å². The van der Waals surface area contributed by atoms with Crippen molar-refractivity contribution < 1.29 is 4.79 Å². The van der Waals surface area contributed by atoms with Crippen LogP contribution >= 0.6 is 0 Å². The molecule has 0 atom stereocenters. The summed E-state index contributed by atoms with van der Waals surface area (Å²) in [6.07, 6.45) is 1.63. The van der Waals surface area contributed by atoms with Gasteiger partial charge in [0.05, 0.1) is 0 Å². The lowest BCUT2D eigenvalue weighted by atomic mass is 9.97. The second-order valence-corrected chi connectivity index (χ2v) is 3.12. The summed E-state index contributed by atoms with van der Waals surface area (Å²) in [4.78, 5) is 10.7. The fourth-order valence-electron chi connectivity index (χ4n) is 0.853. The number of allylic oxidation sites excluding steroid dienone is 3. The molecule has 0 heterocycles. The van der Waals surface area contributed by atoms with Gasteiger partial charge in [-0.1, -0.05) is 20.4 Å². The topological polar surface area (TPSA) is 17.1 Å². The molecule has 0 aromatic heterocycles. The molecule has 62 valence electrons. The van der Waals surface area contributed by atoms with Crippen molar-refractivity contribution >= 4 is 5.78 Å². The van der Waals surface area contributed by atoms with Gasteiger partial charge in [-0.05, 0) is 37.0 Å². The van der Waals surface area contributed by atoms with Gasteiger partial charge in [0.1, 0.15) is 0 Å². The van der Waals surface area contributed by atoms with Gasteiger partial charge in [0, 0.05) is 0 Å². The summed E-state index contributed by atoms with van der Waals surface area (Å²) in [7, 11) is 0. The van der Waals surface area contributed by atoms with Crippen LogP contribution in [0.5, 0.6) is 0 Å². The average Bonchev–Trinajstić information content (AvgIpc) is 1.84. The van der Waals surface area contributed by atoms with Crippen LogP contribution in [0.1, 0.15) is 27.7 Å². The number of hydrogen-bond acceptors (Lipinski definition) is 1. The van der Waals surface area contributed by atoms with Crippen molar-refractivity contribution in [3.05, 3.63) is 23.8 Å². The zero-order valence-electron chi connectivity index (χ0n) is 7.77. The van der Waals surface area contributed by atoms with Crippen LogP contribution in [0, 0.1) is 5.92 Å². The number of rotatable bonds is 3. The highest BCUT2D eigenvalue weighted by molar-refractivity contribution is 5.88. The molecule has 1 nitrogen and oxygen atoms in total. The fraction of sp³-hybridized carbons (Fsp3) is 0.500. The monoisotopic (exact) mass is 152 g/mol. The van der Waals surface area contributed by atoms with Crippen LogP contribution < -0.4 is 0 Å². The molecule has 0 N–H and O–H groups in total. The van der Waals surface area contributed by atoms with Gasteiger partial charge >= 0.3 is 0 Å². The SMILES string of the molecule is C=C(/C(C)=C/C(C)=O)C(C)C. The predicted molar refractivity (Wildman–Crippen MR) is 48.4 cm³/mol. The van der Waals surface area contributed by atoms with E-state index in [1.165, 1.54) is 0 Å². The zero-order chi connectivity index (χ0) is 9.02. The van der Waals surface area contributed by atoms with E-state index in [4.69, 9.17) is 0 Å². The molecule has 0 aliphatic rings. The molecular formula is C10H16O. The van der Waals surface area contributed by atoms with Gasteiger partial charge in [-0.15, -0.1) is 0 Å². The summed E-state index contributed by atoms with van der Waals surface area (Å²) in [6, 6.07) is 0. The second-order valence-electron chi connectivity index (χ2n) is 3.12. The normalized spacial score (nSPS) is 11.9. The van der Waals surface area contributed by atoms with Crippen LogP contribution in [0.25, 0.3) is 0 Å². The number of ketones is 1. The summed E-state index contributed by atoms with van der Waals surface area (Å²) in [6.45, 7) is 11.5. The third-order valence-corrected chi connectivity index (χ3v) is 1.62. The van der Waals surface area contributed by atoms with Crippen LogP contribution in [0.3, 0.4) is 0 Å². The molecule has 0 fully saturated rings. The van der Waals surface area contributed by atoms with Gasteiger partial charge in [-0.3, -0.25) is 4.79 Å². The third-order valence-electron chi connectivity index (χ3n) is 1.62. The maximum Gasteiger partial charge on any atom is 0.152 e. The van der Waals surface area contributed by atoms with Crippen molar-refractivity contribution in [2.75, 3.05) is 0 Å². The maximum atomic E-state index is 10.7. The molecule has 0 saturated carbocycles. The Balaban J connectivity index is 4.36. The molecule has 0 aromatic rings. The summed E-state index contributed by atoms with van der Waals surface area (Å²) >= 11 is 0. The lowest BCUT2D eigenvalue weighted by Crippen LogP contribution is -1.95. The average molecular weight is 152 g/mol. The molecule has 0 aromatic carbocycles. The molecule has 11 heavy (non-hydrogen) atoms. The molecule has 0 rings (SSSR count). The summed E-state index contributed by atoms with van der Waals surface area (Å²) in [5.74, 6) is 0.509. The quantitative estimate of drug-likeness (QED) is 0.449. The molecular weight excluding hydrogens is 136 g/mol. The van der Waals surface area contributed by atoms with Crippen molar-refractivity contribution in [2.45, 2.75) is 27.7 Å². The number of carbonyl (C=O) groups is 1. The van der Waals surface area contributed by atoms with Gasteiger partial charge in [-0.25, -0.2) is 0 Å². The first-order valence-corrected chi connectivity index (χ1v) is 3.83. The highest BCUT2D eigenvalue weighted by atomic mass is 16.1. The molecule has 0 aliphatic heterocycles. The first-order chi connectivity index (χ1) is 4.95. The molecule has 0 amide bonds. The van der Waals surface area contributed by atoms with E-state index < -0.39 is 0 Å². The maximum absolute atomic E-state index is 10.7. The summed E-state index contributed by atoms with van der Waals surface area (Å²) < 4.78 is 0. The molecule has 0 unspecified atom stereocenters. The highest BCUT2D eigenvalue weighted by Crippen LogP contribution is 2.15. The van der Waals surface area contributed by atoms with Crippen molar-refractivity contribution in [1.82, 2.24) is 0 Å². The van der Waals surface area contributed by atoms with Crippen LogP contribution in [-0.4, -0.2) is 5.78 Å². The van der Waals surface area contributed by atoms with Crippen molar-refractivity contribution in [3.63, 3.8) is 0 Å². The molecule has 0 saturated heterocycles. The Bertz CT molecular complexity index is 197. The van der Waals surface area contributed by atoms with E-state index in [0.717, 1.165) is 11.1 Å². The molecule has 1 heteroatoms. The van der Waals surface area contributed by atoms with Crippen LogP contribution in [0.4, 0.5) is 0 Å². The standard InChI is InChI=1S/C10H16O/c1-7(2)10(5)8(3)6-9(4)11/h6-7H,5H2,1-4H3/b8-6+. The largest absolute Gasteiger partial charge is 0.295 e. The third kappa shape index (κ3) is 3.76. The van der Waals surface area contributed by atoms with Gasteiger partial charge in [-0.2, -0.15) is 0 Å². The van der Waals surface area contributed by atoms with Gasteiger partial charge in [0.25, 0.3) is 0 Å². The molecule has 0 radical (unpaired) electrons. The van der Waals surface area contributed by atoms with E-state index in [0.29, 0.717) is 5.92 Å². The number of carbonyl (C=O) groups excluding carboxylic acids is 1. The predicted octanol–water partition coefficient (Wildman–Crippen LogP) is 2.73. The molecule has 0 spiro atoms. The van der Waals surface area contributed by atoms with Gasteiger partial charge < -0.3 is 0 Å². The summed E-state index contributed by atoms with van der Waals surface area (Å²) in [5, 5.41) is 0. The molecule has 0 aliphatic carbocycles. The first kappa shape index (κ1) is 10.2. The lowest BCUT2D eigenvalue weighted by molar-refractivity contribution is -0.112. The van der Waals surface area contributed by atoms with E-state index in [2.05, 4.69) is 20.4 Å². The Labute approximate surface area is 68.8 Å². The minimum absolute atomic E-state index is 0.0873. The Morgan fingerprint density at radius 3 is 2.09 bits per heavy atom. The van der Waals surface area contributed by atoms with E-state index in [-0.39, 0.29) is 5.78 Å². The van der Waals surface area contributed by atoms with Crippen LogP contribution in [0.2, 0.25) is 0 Å². The van der Waals surface area contributed by atoms with E-state index in [9.17, 15) is 4.79 Å². The van der Waals surface area contributed by atoms with Crippen LogP contribution in [0.15, 0.2) is 23.8 Å². The first-order valence-electron chi connectivity index (χ1n) is 3.83. The minimum atomic E-state index is 0.0873. The van der Waals surface area contributed by atoms with Crippen molar-refractivity contribution in [2.24, 2.45) is 5.92 Å². The van der Waals surface area contributed by atoms with Gasteiger partial charge in [0.15, 0.2) is 5.78 Å². The van der Waals surface area contributed by atoms with Crippen LogP contribution in [-0.2, 0) is 4.79 Å². The Hall–Kier alpha value is -0.850. The Kier molecular flexibility index (Phi) is 3.80. The summed E-state index contributed by atoms with van der Waals surface area (Å²) in [5.41, 5.74) is 2.03. The fourth-order valence-corrected chi connectivity index (χ4v) is 0.853.